The van der Waals surface area contributed by atoms with Crippen molar-refractivity contribution in [3.05, 3.63) is 115 Å². The van der Waals surface area contributed by atoms with E-state index in [0.717, 1.165) is 21.3 Å². The summed E-state index contributed by atoms with van der Waals surface area (Å²) in [5.74, 6) is -4.52. The second-order valence-electron chi connectivity index (χ2n) is 9.75. The summed E-state index contributed by atoms with van der Waals surface area (Å²) >= 11 is 12.6. The Bertz CT molecular complexity index is 2160. The summed E-state index contributed by atoms with van der Waals surface area (Å²) in [6.45, 7) is -0.471. The van der Waals surface area contributed by atoms with E-state index in [-0.39, 0.29) is 37.9 Å². The quantitative estimate of drug-likeness (QED) is 0.200. The zero-order valence-corrected chi connectivity index (χ0v) is 25.0. The maximum atomic E-state index is 14.2. The molecule has 3 aromatic carbocycles. The first-order valence-electron chi connectivity index (χ1n) is 12.4. The standard InChI is InChI=1S/C29H21Cl2F3N4O4S/c1-42-25-9-16(20-11-18(4-5-21(20)31)36-43(2,3)41)8-24-26(25)28(39)38(19-10-17(30)12-35-13-19)29(40)37(24)14-15-6-22(32)27(34)23(33)7-15/h4-13H,14H2,1-3H3. The van der Waals surface area contributed by atoms with Gasteiger partial charge in [-0.15, -0.1) is 0 Å². The van der Waals surface area contributed by atoms with Gasteiger partial charge in [-0.2, -0.15) is 4.36 Å². The molecule has 0 amide bonds. The number of rotatable bonds is 6. The minimum absolute atomic E-state index is 0.0221. The summed E-state index contributed by atoms with van der Waals surface area (Å²) in [7, 11) is -1.20. The van der Waals surface area contributed by atoms with Gasteiger partial charge in [0.25, 0.3) is 5.56 Å². The number of aromatic nitrogens is 3. The Morgan fingerprint density at radius 3 is 2.30 bits per heavy atom. The normalized spacial score (nSPS) is 11.6. The first-order valence-corrected chi connectivity index (χ1v) is 15.4. The molecule has 5 aromatic rings. The number of pyridine rings is 1. The predicted octanol–water partition coefficient (Wildman–Crippen LogP) is 6.35. The Morgan fingerprint density at radius 1 is 0.977 bits per heavy atom. The first-order chi connectivity index (χ1) is 20.3. The molecule has 0 fully saturated rings. The second kappa shape index (κ2) is 11.5. The van der Waals surface area contributed by atoms with E-state index < -0.39 is 45.0 Å². The third-order valence-electron chi connectivity index (χ3n) is 6.35. The molecular formula is C29H21Cl2F3N4O4S. The molecule has 0 N–H and O–H groups in total. The average Bonchev–Trinajstić information content (AvgIpc) is 2.93. The van der Waals surface area contributed by atoms with Gasteiger partial charge >= 0.3 is 5.69 Å². The van der Waals surface area contributed by atoms with Gasteiger partial charge in [0.15, 0.2) is 17.5 Å². The van der Waals surface area contributed by atoms with Crippen molar-refractivity contribution in [1.29, 1.82) is 0 Å². The molecule has 222 valence electrons. The summed E-state index contributed by atoms with van der Waals surface area (Å²) in [4.78, 5) is 31.8. The molecular weight excluding hydrogens is 628 g/mol. The van der Waals surface area contributed by atoms with E-state index in [1.165, 1.54) is 50.2 Å². The number of nitrogens with zero attached hydrogens (tertiary/aromatic N) is 4. The number of hydrogen-bond donors (Lipinski definition) is 0. The molecule has 0 saturated heterocycles. The Labute approximate surface area is 253 Å². The highest BCUT2D eigenvalue weighted by Crippen LogP contribution is 2.37. The number of fused-ring (bicyclic) bond motifs is 1. The van der Waals surface area contributed by atoms with Crippen molar-refractivity contribution in [3.63, 3.8) is 0 Å². The predicted molar refractivity (Wildman–Crippen MR) is 161 cm³/mol. The van der Waals surface area contributed by atoms with E-state index in [4.69, 9.17) is 27.9 Å². The minimum Gasteiger partial charge on any atom is -0.496 e. The van der Waals surface area contributed by atoms with E-state index in [1.54, 1.807) is 18.2 Å². The smallest absolute Gasteiger partial charge is 0.336 e. The maximum absolute atomic E-state index is 14.2. The molecule has 0 spiro atoms. The van der Waals surface area contributed by atoms with Crippen LogP contribution in [0.1, 0.15) is 5.56 Å². The van der Waals surface area contributed by atoms with Crippen molar-refractivity contribution < 1.29 is 22.1 Å². The summed E-state index contributed by atoms with van der Waals surface area (Å²) in [5, 5.41) is 0.355. The maximum Gasteiger partial charge on any atom is 0.336 e. The molecule has 43 heavy (non-hydrogen) atoms. The third kappa shape index (κ3) is 6.03. The number of benzene rings is 3. The fourth-order valence-electron chi connectivity index (χ4n) is 4.60. The Kier molecular flexibility index (Phi) is 8.12. The van der Waals surface area contributed by atoms with Gasteiger partial charge in [0.1, 0.15) is 11.1 Å². The first kappa shape index (κ1) is 30.3. The average molecular weight is 649 g/mol. The van der Waals surface area contributed by atoms with E-state index in [0.29, 0.717) is 16.8 Å². The molecule has 0 saturated carbocycles. The molecule has 0 aliphatic rings. The molecule has 0 unspecified atom stereocenters. The van der Waals surface area contributed by atoms with Gasteiger partial charge in [-0.1, -0.05) is 23.2 Å². The van der Waals surface area contributed by atoms with Gasteiger partial charge in [0.05, 0.1) is 41.8 Å². The molecule has 14 heteroatoms. The van der Waals surface area contributed by atoms with Crippen molar-refractivity contribution in [2.24, 2.45) is 4.36 Å². The summed E-state index contributed by atoms with van der Waals surface area (Å²) in [6, 6.07) is 10.6. The van der Waals surface area contributed by atoms with Gasteiger partial charge in [-0.05, 0) is 59.7 Å². The van der Waals surface area contributed by atoms with Crippen LogP contribution in [0.15, 0.2) is 74.9 Å². The highest BCUT2D eigenvalue weighted by molar-refractivity contribution is 7.92. The lowest BCUT2D eigenvalue weighted by atomic mass is 10.0. The molecule has 0 aliphatic heterocycles. The van der Waals surface area contributed by atoms with Gasteiger partial charge in [-0.25, -0.2) is 26.7 Å². The van der Waals surface area contributed by atoms with Gasteiger partial charge < -0.3 is 4.74 Å². The van der Waals surface area contributed by atoms with Crippen LogP contribution in [0.3, 0.4) is 0 Å². The van der Waals surface area contributed by atoms with E-state index in [9.17, 15) is 27.0 Å². The SMILES string of the molecule is COc1cc(-c2cc(N=S(C)(C)=O)ccc2Cl)cc2c1c(=O)n(-c1cncc(Cl)c1)c(=O)n2Cc1cc(F)c(F)c(F)c1. The van der Waals surface area contributed by atoms with Crippen molar-refractivity contribution >= 4 is 49.5 Å². The molecule has 0 radical (unpaired) electrons. The second-order valence-corrected chi connectivity index (χ2v) is 13.1. The minimum atomic E-state index is -2.52. The van der Waals surface area contributed by atoms with Crippen LogP contribution in [-0.2, 0) is 16.3 Å². The van der Waals surface area contributed by atoms with Crippen LogP contribution in [0.5, 0.6) is 5.75 Å². The van der Waals surface area contributed by atoms with Gasteiger partial charge in [-0.3, -0.25) is 14.3 Å². The van der Waals surface area contributed by atoms with Crippen molar-refractivity contribution in [3.8, 4) is 22.6 Å². The lowest BCUT2D eigenvalue weighted by Gasteiger charge is -2.18. The number of hydrogen-bond acceptors (Lipinski definition) is 6. The molecule has 8 nitrogen and oxygen atoms in total. The van der Waals surface area contributed by atoms with Crippen LogP contribution in [0, 0.1) is 17.5 Å². The van der Waals surface area contributed by atoms with Crippen LogP contribution >= 0.6 is 23.2 Å². The highest BCUT2D eigenvalue weighted by atomic mass is 35.5. The number of methoxy groups -OCH3 is 1. The lowest BCUT2D eigenvalue weighted by Crippen LogP contribution is -2.39. The summed E-state index contributed by atoms with van der Waals surface area (Å²) < 4.78 is 66.1. The van der Waals surface area contributed by atoms with E-state index in [2.05, 4.69) is 9.35 Å². The van der Waals surface area contributed by atoms with Crippen molar-refractivity contribution in [1.82, 2.24) is 14.1 Å². The van der Waals surface area contributed by atoms with Crippen LogP contribution < -0.4 is 16.0 Å². The van der Waals surface area contributed by atoms with Crippen molar-refractivity contribution in [2.45, 2.75) is 6.54 Å². The van der Waals surface area contributed by atoms with E-state index >= 15 is 0 Å². The van der Waals surface area contributed by atoms with Gasteiger partial charge in [0.2, 0.25) is 0 Å². The zero-order valence-electron chi connectivity index (χ0n) is 22.7. The molecule has 2 heterocycles. The molecule has 0 atom stereocenters. The summed E-state index contributed by atoms with van der Waals surface area (Å²) in [5.41, 5.74) is -0.576. The van der Waals surface area contributed by atoms with Crippen LogP contribution in [0.2, 0.25) is 10.0 Å². The molecule has 0 bridgehead atoms. The fraction of sp³-hybridized carbons (Fsp3) is 0.138. The fourth-order valence-corrected chi connectivity index (χ4v) is 5.61. The largest absolute Gasteiger partial charge is 0.496 e. The van der Waals surface area contributed by atoms with E-state index in [1.807, 2.05) is 0 Å². The third-order valence-corrected chi connectivity index (χ3v) is 7.54. The molecule has 5 rings (SSSR count). The molecule has 2 aromatic heterocycles. The Hall–Kier alpha value is -4.13. The van der Waals surface area contributed by atoms with Crippen LogP contribution in [0.4, 0.5) is 18.9 Å². The highest BCUT2D eigenvalue weighted by Gasteiger charge is 2.22. The lowest BCUT2D eigenvalue weighted by molar-refractivity contribution is 0.419. The number of halogens is 5. The Morgan fingerprint density at radius 2 is 1.67 bits per heavy atom. The zero-order chi connectivity index (χ0) is 31.2. The Balaban J connectivity index is 1.89. The molecule has 0 aliphatic carbocycles. The van der Waals surface area contributed by atoms with Crippen LogP contribution in [-0.4, -0.2) is 37.9 Å². The van der Waals surface area contributed by atoms with Crippen LogP contribution in [0.25, 0.3) is 27.7 Å². The van der Waals surface area contributed by atoms with Gasteiger partial charge in [0, 0.05) is 39.0 Å². The van der Waals surface area contributed by atoms with Crippen molar-refractivity contribution in [2.75, 3.05) is 19.6 Å². The summed E-state index contributed by atoms with van der Waals surface area (Å²) in [6.07, 6.45) is 5.50. The number of ether oxygens (including phenoxy) is 1. The topological polar surface area (TPSA) is 95.6 Å². The monoisotopic (exact) mass is 648 g/mol.